The Labute approximate surface area is 82.7 Å². The lowest BCUT2D eigenvalue weighted by atomic mass is 10.0. The number of hydrogen-bond donors (Lipinski definition) is 0. The fourth-order valence-electron chi connectivity index (χ4n) is 0.632. The van der Waals surface area contributed by atoms with Crippen molar-refractivity contribution in [3.05, 3.63) is 62.3 Å². The van der Waals surface area contributed by atoms with Crippen LogP contribution in [0.1, 0.15) is 13.8 Å². The van der Waals surface area contributed by atoms with Crippen LogP contribution in [-0.4, -0.2) is 0 Å². The molecule has 0 atom stereocenters. The van der Waals surface area contributed by atoms with Crippen LogP contribution >= 0.6 is 0 Å². The van der Waals surface area contributed by atoms with E-state index in [9.17, 15) is 0 Å². The van der Waals surface area contributed by atoms with E-state index in [2.05, 4.69) is 40.2 Å². The first-order valence-corrected chi connectivity index (χ1v) is 4.32. The monoisotopic (exact) mass is 176 g/mol. The van der Waals surface area contributed by atoms with E-state index in [0.717, 1.165) is 0 Å². The number of rotatable bonds is 4. The van der Waals surface area contributed by atoms with E-state index >= 15 is 0 Å². The molecule has 13 heavy (non-hydrogen) atoms. The maximum atomic E-state index is 3.68. The van der Waals surface area contributed by atoms with Gasteiger partial charge in [0.15, 0.2) is 0 Å². The Morgan fingerprint density at radius 2 is 1.38 bits per heavy atom. The van der Waals surface area contributed by atoms with Gasteiger partial charge in [0.1, 0.15) is 0 Å². The molecule has 0 rings (SSSR count). The first kappa shape index (κ1) is 14.2. The van der Waals surface area contributed by atoms with Crippen LogP contribution in [0.2, 0.25) is 0 Å². The van der Waals surface area contributed by atoms with Gasteiger partial charge in [-0.3, -0.25) is 0 Å². The van der Waals surface area contributed by atoms with Crippen LogP contribution in [-0.2, 0) is 0 Å². The molecule has 0 radical (unpaired) electrons. The molecule has 0 N–H and O–H groups in total. The molecule has 72 valence electrons. The van der Waals surface area contributed by atoms with Crippen molar-refractivity contribution in [2.24, 2.45) is 5.92 Å². The summed E-state index contributed by atoms with van der Waals surface area (Å²) in [5, 5.41) is 0. The van der Waals surface area contributed by atoms with E-state index in [1.165, 1.54) is 5.57 Å². The quantitative estimate of drug-likeness (QED) is 0.560. The fourth-order valence-corrected chi connectivity index (χ4v) is 0.632. The van der Waals surface area contributed by atoms with Gasteiger partial charge in [0.2, 0.25) is 0 Å². The molecule has 0 spiro atoms. The molecule has 0 aromatic rings. The van der Waals surface area contributed by atoms with Gasteiger partial charge in [0.25, 0.3) is 0 Å². The molecule has 0 fully saturated rings. The molecule has 0 aliphatic rings. The van der Waals surface area contributed by atoms with Gasteiger partial charge in [-0.05, 0) is 11.5 Å². The Hall–Kier alpha value is -1.30. The summed E-state index contributed by atoms with van der Waals surface area (Å²) >= 11 is 0. The van der Waals surface area contributed by atoms with Gasteiger partial charge in [0, 0.05) is 0 Å². The van der Waals surface area contributed by atoms with Crippen molar-refractivity contribution in [2.75, 3.05) is 0 Å². The summed E-state index contributed by atoms with van der Waals surface area (Å²) < 4.78 is 0. The Morgan fingerprint density at radius 1 is 0.923 bits per heavy atom. The van der Waals surface area contributed by atoms with E-state index < -0.39 is 0 Å². The van der Waals surface area contributed by atoms with Gasteiger partial charge in [0.05, 0.1) is 0 Å². The second-order valence-electron chi connectivity index (χ2n) is 2.73. The third-order valence-corrected chi connectivity index (χ3v) is 1.38. The van der Waals surface area contributed by atoms with E-state index in [0.29, 0.717) is 5.92 Å². The highest BCUT2D eigenvalue weighted by Gasteiger charge is 1.94. The molecule has 0 heterocycles. The normalized spacial score (nSPS) is 9.62. The first-order chi connectivity index (χ1) is 6.13. The molecular weight excluding hydrogens is 156 g/mol. The van der Waals surface area contributed by atoms with Crippen LogP contribution in [0.15, 0.2) is 62.3 Å². The summed E-state index contributed by atoms with van der Waals surface area (Å²) in [7, 11) is 0. The largest absolute Gasteiger partial charge is 0.0991 e. The summed E-state index contributed by atoms with van der Waals surface area (Å²) in [4.78, 5) is 0. The third-order valence-electron chi connectivity index (χ3n) is 1.38. The molecule has 0 aromatic carbocycles. The number of hydrogen-bond acceptors (Lipinski definition) is 0. The molecule has 0 saturated heterocycles. The van der Waals surface area contributed by atoms with Crippen LogP contribution < -0.4 is 0 Å². The predicted molar refractivity (Wildman–Crippen MR) is 63.7 cm³/mol. The standard InChI is InChI=1S/C9H14.C4H6/c1-5-7-9(6-2)8(3)4;1-3-4-2/h5-8H,1-2H2,3-4H3;3-4H,1-2H2/b9-7+;. The highest BCUT2D eigenvalue weighted by atomic mass is 14.0. The van der Waals surface area contributed by atoms with Gasteiger partial charge in [-0.15, -0.1) is 0 Å². The van der Waals surface area contributed by atoms with Crippen LogP contribution in [0.3, 0.4) is 0 Å². The van der Waals surface area contributed by atoms with Crippen molar-refractivity contribution in [1.82, 2.24) is 0 Å². The lowest BCUT2D eigenvalue weighted by Crippen LogP contribution is -1.87. The zero-order valence-corrected chi connectivity index (χ0v) is 8.79. The Balaban J connectivity index is 0. The maximum Gasteiger partial charge on any atom is -0.0219 e. The molecule has 0 aliphatic heterocycles. The summed E-state index contributed by atoms with van der Waals surface area (Å²) in [6.45, 7) is 18.3. The molecule has 0 aliphatic carbocycles. The summed E-state index contributed by atoms with van der Waals surface area (Å²) in [6.07, 6.45) is 8.92. The van der Waals surface area contributed by atoms with Gasteiger partial charge in [-0.25, -0.2) is 0 Å². The van der Waals surface area contributed by atoms with Crippen molar-refractivity contribution in [3.8, 4) is 0 Å². The molecule has 0 aromatic heterocycles. The van der Waals surface area contributed by atoms with Crippen LogP contribution in [0.4, 0.5) is 0 Å². The number of allylic oxidation sites excluding steroid dienone is 6. The summed E-state index contributed by atoms with van der Waals surface area (Å²) in [6, 6.07) is 0. The summed E-state index contributed by atoms with van der Waals surface area (Å²) in [5.41, 5.74) is 1.24. The Bertz CT molecular complexity index is 186. The SMILES string of the molecule is C=C/C=C(\C=C)C(C)C.C=CC=C. The van der Waals surface area contributed by atoms with E-state index in [4.69, 9.17) is 0 Å². The molecule has 0 heteroatoms. The molecule has 0 saturated carbocycles. The van der Waals surface area contributed by atoms with Crippen molar-refractivity contribution in [1.29, 1.82) is 0 Å². The lowest BCUT2D eigenvalue weighted by Gasteiger charge is -2.02. The third kappa shape index (κ3) is 10.7. The highest BCUT2D eigenvalue weighted by molar-refractivity contribution is 5.22. The second kappa shape index (κ2) is 10.7. The Morgan fingerprint density at radius 3 is 1.46 bits per heavy atom. The predicted octanol–water partition coefficient (Wildman–Crippen LogP) is 4.30. The van der Waals surface area contributed by atoms with E-state index in [-0.39, 0.29) is 0 Å². The average molecular weight is 176 g/mol. The van der Waals surface area contributed by atoms with Crippen molar-refractivity contribution < 1.29 is 0 Å². The van der Waals surface area contributed by atoms with Crippen molar-refractivity contribution >= 4 is 0 Å². The van der Waals surface area contributed by atoms with Crippen molar-refractivity contribution in [2.45, 2.75) is 13.8 Å². The zero-order chi connectivity index (χ0) is 10.7. The minimum absolute atomic E-state index is 0.556. The fraction of sp³-hybridized carbons (Fsp3) is 0.231. The van der Waals surface area contributed by atoms with Crippen molar-refractivity contribution in [3.63, 3.8) is 0 Å². The maximum absolute atomic E-state index is 3.68. The minimum Gasteiger partial charge on any atom is -0.0991 e. The van der Waals surface area contributed by atoms with Gasteiger partial charge in [-0.1, -0.05) is 70.5 Å². The molecule has 0 unspecified atom stereocenters. The second-order valence-corrected chi connectivity index (χ2v) is 2.73. The first-order valence-electron chi connectivity index (χ1n) is 4.32. The van der Waals surface area contributed by atoms with E-state index in [1.54, 1.807) is 18.2 Å². The molecular formula is C13H20. The lowest BCUT2D eigenvalue weighted by molar-refractivity contribution is 0.792. The molecule has 0 amide bonds. The van der Waals surface area contributed by atoms with E-state index in [1.807, 2.05) is 12.2 Å². The molecule has 0 nitrogen and oxygen atoms in total. The van der Waals surface area contributed by atoms with Gasteiger partial charge in [-0.2, -0.15) is 0 Å². The minimum atomic E-state index is 0.556. The summed E-state index contributed by atoms with van der Waals surface area (Å²) in [5.74, 6) is 0.556. The Kier molecular flexibility index (Phi) is 11.7. The van der Waals surface area contributed by atoms with Crippen LogP contribution in [0.5, 0.6) is 0 Å². The smallest absolute Gasteiger partial charge is 0.0219 e. The topological polar surface area (TPSA) is 0 Å². The zero-order valence-electron chi connectivity index (χ0n) is 8.79. The molecule has 0 bridgehead atoms. The van der Waals surface area contributed by atoms with Crippen LogP contribution in [0.25, 0.3) is 0 Å². The average Bonchev–Trinajstić information content (AvgIpc) is 2.14. The van der Waals surface area contributed by atoms with Crippen LogP contribution in [0, 0.1) is 5.92 Å². The van der Waals surface area contributed by atoms with Gasteiger partial charge < -0.3 is 0 Å². The van der Waals surface area contributed by atoms with Gasteiger partial charge >= 0.3 is 0 Å². The highest BCUT2D eigenvalue weighted by Crippen LogP contribution is 2.09.